The smallest absolute Gasteiger partial charge is 0.387 e. The van der Waals surface area contributed by atoms with Crippen molar-refractivity contribution in [2.45, 2.75) is 19.6 Å². The number of ether oxygens (including phenoxy) is 1. The maximum Gasteiger partial charge on any atom is 0.387 e. The molecule has 0 bridgehead atoms. The Hall–Kier alpha value is -1.60. The molecule has 4 heteroatoms. The standard InChI is InChI=1S/C12H13F2NO/c1-3-7-15-9(2)10-5-4-6-11(8-10)16-12(13)14/h1,4-6,8-9,12,15H,7H2,2H3. The van der Waals surface area contributed by atoms with Crippen LogP contribution in [0.1, 0.15) is 18.5 Å². The van der Waals surface area contributed by atoms with Crippen LogP contribution in [0.25, 0.3) is 0 Å². The highest BCUT2D eigenvalue weighted by Gasteiger charge is 2.08. The first kappa shape index (κ1) is 12.5. The van der Waals surface area contributed by atoms with Crippen molar-refractivity contribution in [2.24, 2.45) is 0 Å². The van der Waals surface area contributed by atoms with Gasteiger partial charge in [-0.15, -0.1) is 6.42 Å². The van der Waals surface area contributed by atoms with Crippen LogP contribution in [0.5, 0.6) is 5.75 Å². The van der Waals surface area contributed by atoms with Crippen LogP contribution in [0.2, 0.25) is 0 Å². The van der Waals surface area contributed by atoms with Crippen LogP contribution in [0.15, 0.2) is 24.3 Å². The average molecular weight is 225 g/mol. The van der Waals surface area contributed by atoms with Crippen LogP contribution in [0.3, 0.4) is 0 Å². The highest BCUT2D eigenvalue weighted by molar-refractivity contribution is 5.30. The summed E-state index contributed by atoms with van der Waals surface area (Å²) in [5.41, 5.74) is 0.855. The first-order valence-corrected chi connectivity index (χ1v) is 4.85. The van der Waals surface area contributed by atoms with Crippen molar-refractivity contribution in [3.63, 3.8) is 0 Å². The largest absolute Gasteiger partial charge is 0.435 e. The molecule has 0 aliphatic rings. The van der Waals surface area contributed by atoms with Gasteiger partial charge in [0.1, 0.15) is 5.75 Å². The lowest BCUT2D eigenvalue weighted by Gasteiger charge is -2.13. The minimum atomic E-state index is -2.80. The molecule has 0 aliphatic heterocycles. The minimum Gasteiger partial charge on any atom is -0.435 e. The van der Waals surface area contributed by atoms with E-state index < -0.39 is 6.61 Å². The number of terminal acetylenes is 1. The second kappa shape index (κ2) is 6.09. The average Bonchev–Trinajstić information content (AvgIpc) is 2.25. The van der Waals surface area contributed by atoms with Gasteiger partial charge < -0.3 is 4.74 Å². The van der Waals surface area contributed by atoms with E-state index in [0.29, 0.717) is 6.54 Å². The van der Waals surface area contributed by atoms with E-state index >= 15 is 0 Å². The Kier molecular flexibility index (Phi) is 4.74. The summed E-state index contributed by atoms with van der Waals surface area (Å²) in [6.45, 7) is -0.468. The number of rotatable bonds is 5. The van der Waals surface area contributed by atoms with E-state index in [0.717, 1.165) is 5.56 Å². The van der Waals surface area contributed by atoms with Gasteiger partial charge in [-0.05, 0) is 24.6 Å². The maximum atomic E-state index is 12.0. The molecule has 0 aromatic heterocycles. The van der Waals surface area contributed by atoms with Gasteiger partial charge >= 0.3 is 6.61 Å². The van der Waals surface area contributed by atoms with Crippen LogP contribution in [-0.4, -0.2) is 13.2 Å². The fourth-order valence-corrected chi connectivity index (χ4v) is 1.29. The fourth-order valence-electron chi connectivity index (χ4n) is 1.29. The van der Waals surface area contributed by atoms with Gasteiger partial charge in [-0.2, -0.15) is 8.78 Å². The first-order valence-electron chi connectivity index (χ1n) is 4.85. The van der Waals surface area contributed by atoms with Gasteiger partial charge in [0.15, 0.2) is 0 Å². The second-order valence-electron chi connectivity index (χ2n) is 3.26. The third kappa shape index (κ3) is 3.87. The summed E-state index contributed by atoms with van der Waals surface area (Å²) in [6.07, 6.45) is 5.11. The quantitative estimate of drug-likeness (QED) is 0.778. The topological polar surface area (TPSA) is 21.3 Å². The zero-order valence-corrected chi connectivity index (χ0v) is 8.91. The zero-order chi connectivity index (χ0) is 12.0. The minimum absolute atomic E-state index is 0.00253. The Labute approximate surface area is 93.6 Å². The summed E-state index contributed by atoms with van der Waals surface area (Å²) in [6, 6.07) is 6.55. The fraction of sp³-hybridized carbons (Fsp3) is 0.333. The van der Waals surface area contributed by atoms with Gasteiger partial charge in [-0.3, -0.25) is 5.32 Å². The molecular formula is C12H13F2NO. The van der Waals surface area contributed by atoms with Gasteiger partial charge in [0, 0.05) is 6.04 Å². The van der Waals surface area contributed by atoms with Crippen molar-refractivity contribution in [3.05, 3.63) is 29.8 Å². The normalized spacial score (nSPS) is 12.2. The predicted octanol–water partition coefficient (Wildman–Crippen LogP) is 2.57. The second-order valence-corrected chi connectivity index (χ2v) is 3.26. The molecule has 1 aromatic rings. The van der Waals surface area contributed by atoms with Crippen LogP contribution in [0, 0.1) is 12.3 Å². The first-order chi connectivity index (χ1) is 7.63. The summed E-state index contributed by atoms with van der Waals surface area (Å²) in [5.74, 6) is 2.61. The number of hydrogen-bond donors (Lipinski definition) is 1. The number of nitrogens with one attached hydrogen (secondary N) is 1. The van der Waals surface area contributed by atoms with E-state index in [9.17, 15) is 8.78 Å². The molecule has 1 aromatic carbocycles. The van der Waals surface area contributed by atoms with Crippen LogP contribution >= 0.6 is 0 Å². The van der Waals surface area contributed by atoms with Crippen molar-refractivity contribution < 1.29 is 13.5 Å². The van der Waals surface area contributed by atoms with E-state index in [1.807, 2.05) is 13.0 Å². The Morgan fingerprint density at radius 3 is 2.88 bits per heavy atom. The van der Waals surface area contributed by atoms with Crippen LogP contribution < -0.4 is 10.1 Å². The molecule has 0 aliphatic carbocycles. The summed E-state index contributed by atoms with van der Waals surface area (Å²) >= 11 is 0. The van der Waals surface area contributed by atoms with Gasteiger partial charge in [0.05, 0.1) is 6.54 Å². The number of halogens is 2. The maximum absolute atomic E-state index is 12.0. The molecule has 86 valence electrons. The number of alkyl halides is 2. The van der Waals surface area contributed by atoms with E-state index in [1.165, 1.54) is 6.07 Å². The molecule has 1 N–H and O–H groups in total. The molecule has 16 heavy (non-hydrogen) atoms. The molecular weight excluding hydrogens is 212 g/mol. The van der Waals surface area contributed by atoms with Crippen molar-refractivity contribution in [1.29, 1.82) is 0 Å². The van der Waals surface area contributed by atoms with Crippen molar-refractivity contribution >= 4 is 0 Å². The molecule has 0 radical (unpaired) electrons. The van der Waals surface area contributed by atoms with E-state index in [2.05, 4.69) is 16.0 Å². The van der Waals surface area contributed by atoms with E-state index in [-0.39, 0.29) is 11.8 Å². The predicted molar refractivity (Wildman–Crippen MR) is 58.3 cm³/mol. The molecule has 2 nitrogen and oxygen atoms in total. The molecule has 0 saturated heterocycles. The van der Waals surface area contributed by atoms with E-state index in [1.54, 1.807) is 12.1 Å². The molecule has 1 unspecified atom stereocenters. The van der Waals surface area contributed by atoms with Gasteiger partial charge in [0.2, 0.25) is 0 Å². The molecule has 0 fully saturated rings. The molecule has 0 heterocycles. The highest BCUT2D eigenvalue weighted by atomic mass is 19.3. The SMILES string of the molecule is C#CCNC(C)c1cccc(OC(F)F)c1. The monoisotopic (exact) mass is 225 g/mol. The van der Waals surface area contributed by atoms with E-state index in [4.69, 9.17) is 6.42 Å². The molecule has 0 saturated carbocycles. The summed E-state index contributed by atoms with van der Waals surface area (Å²) < 4.78 is 28.3. The Morgan fingerprint density at radius 2 is 2.25 bits per heavy atom. The molecule has 0 spiro atoms. The molecule has 1 rings (SSSR count). The van der Waals surface area contributed by atoms with Crippen LogP contribution in [0.4, 0.5) is 8.78 Å². The van der Waals surface area contributed by atoms with Crippen LogP contribution in [-0.2, 0) is 0 Å². The van der Waals surface area contributed by atoms with Gasteiger partial charge in [-0.25, -0.2) is 0 Å². The van der Waals surface area contributed by atoms with Crippen molar-refractivity contribution in [2.75, 3.05) is 6.54 Å². The Bertz CT molecular complexity index is 374. The third-order valence-corrected chi connectivity index (χ3v) is 2.09. The lowest BCUT2D eigenvalue weighted by atomic mass is 10.1. The van der Waals surface area contributed by atoms with Crippen molar-refractivity contribution in [3.8, 4) is 18.1 Å². The third-order valence-electron chi connectivity index (χ3n) is 2.09. The Morgan fingerprint density at radius 1 is 1.50 bits per heavy atom. The Balaban J connectivity index is 2.70. The summed E-state index contributed by atoms with van der Waals surface area (Å²) in [5, 5.41) is 3.05. The highest BCUT2D eigenvalue weighted by Crippen LogP contribution is 2.20. The summed E-state index contributed by atoms with van der Waals surface area (Å²) in [7, 11) is 0. The number of hydrogen-bond acceptors (Lipinski definition) is 2. The molecule has 0 amide bonds. The summed E-state index contributed by atoms with van der Waals surface area (Å²) in [4.78, 5) is 0. The lowest BCUT2D eigenvalue weighted by Crippen LogP contribution is -2.18. The molecule has 1 atom stereocenters. The van der Waals surface area contributed by atoms with Gasteiger partial charge in [-0.1, -0.05) is 18.1 Å². The van der Waals surface area contributed by atoms with Crippen molar-refractivity contribution in [1.82, 2.24) is 5.32 Å². The zero-order valence-electron chi connectivity index (χ0n) is 8.91. The lowest BCUT2D eigenvalue weighted by molar-refractivity contribution is -0.0499. The van der Waals surface area contributed by atoms with Gasteiger partial charge in [0.25, 0.3) is 0 Å². The number of benzene rings is 1.